The Labute approximate surface area is 187 Å². The minimum atomic E-state index is -0.341. The molecule has 0 saturated heterocycles. The Kier molecular flexibility index (Phi) is 5.43. The molecule has 3 heterocycles. The second-order valence-corrected chi connectivity index (χ2v) is 9.61. The van der Waals surface area contributed by atoms with Gasteiger partial charge in [-0.25, -0.2) is 9.37 Å². The summed E-state index contributed by atoms with van der Waals surface area (Å²) >= 11 is 3.26. The summed E-state index contributed by atoms with van der Waals surface area (Å²) in [6, 6.07) is 13.7. The number of fused-ring (bicyclic) bond motifs is 2. The van der Waals surface area contributed by atoms with Crippen molar-refractivity contribution in [2.75, 3.05) is 25.5 Å². The molecule has 5 nitrogen and oxygen atoms in total. The molecule has 1 amide bonds. The standard InChI is InChI=1S/C23H20FN3O2S2/c1-27-11-10-16-19(12-27)31-23(21(16)22-25-17-4-2-3-5-18(17)30-22)26-20(28)13-29-15-8-6-14(24)7-9-15/h2-9H,10-13H2,1H3,(H,26,28). The van der Waals surface area contributed by atoms with E-state index in [4.69, 9.17) is 9.72 Å². The van der Waals surface area contributed by atoms with Gasteiger partial charge in [-0.3, -0.25) is 4.79 Å². The quantitative estimate of drug-likeness (QED) is 0.453. The molecule has 0 atom stereocenters. The lowest BCUT2D eigenvalue weighted by Gasteiger charge is -2.22. The van der Waals surface area contributed by atoms with Gasteiger partial charge < -0.3 is 15.0 Å². The van der Waals surface area contributed by atoms with E-state index in [2.05, 4.69) is 23.3 Å². The van der Waals surface area contributed by atoms with Gasteiger partial charge in [-0.15, -0.1) is 22.7 Å². The van der Waals surface area contributed by atoms with Crippen molar-refractivity contribution < 1.29 is 13.9 Å². The summed E-state index contributed by atoms with van der Waals surface area (Å²) in [7, 11) is 2.11. The number of nitrogens with one attached hydrogen (secondary N) is 1. The fourth-order valence-corrected chi connectivity index (χ4v) is 6.12. The summed E-state index contributed by atoms with van der Waals surface area (Å²) in [5.74, 6) is -0.139. The Morgan fingerprint density at radius 1 is 1.19 bits per heavy atom. The highest BCUT2D eigenvalue weighted by Gasteiger charge is 2.26. The number of aromatic nitrogens is 1. The number of thiazole rings is 1. The van der Waals surface area contributed by atoms with E-state index in [1.165, 1.54) is 34.7 Å². The maximum absolute atomic E-state index is 13.1. The number of para-hydroxylation sites is 1. The topological polar surface area (TPSA) is 54.5 Å². The van der Waals surface area contributed by atoms with E-state index >= 15 is 0 Å². The molecule has 2 aromatic carbocycles. The third-order valence-electron chi connectivity index (χ3n) is 5.19. The predicted octanol–water partition coefficient (Wildman–Crippen LogP) is 5.17. The van der Waals surface area contributed by atoms with Gasteiger partial charge in [0.1, 0.15) is 21.6 Å². The van der Waals surface area contributed by atoms with Crippen LogP contribution in [0.1, 0.15) is 10.4 Å². The first-order chi connectivity index (χ1) is 15.1. The number of likely N-dealkylation sites (N-methyl/N-ethyl adjacent to an activating group) is 1. The van der Waals surface area contributed by atoms with Gasteiger partial charge in [0.05, 0.1) is 10.2 Å². The summed E-state index contributed by atoms with van der Waals surface area (Å²) in [4.78, 5) is 21.0. The van der Waals surface area contributed by atoms with Crippen molar-refractivity contribution >= 4 is 43.8 Å². The van der Waals surface area contributed by atoms with Crippen molar-refractivity contribution in [3.63, 3.8) is 0 Å². The lowest BCUT2D eigenvalue weighted by Crippen LogP contribution is -2.25. The highest BCUT2D eigenvalue weighted by Crippen LogP contribution is 2.45. The molecule has 5 rings (SSSR count). The first-order valence-electron chi connectivity index (χ1n) is 9.94. The van der Waals surface area contributed by atoms with E-state index in [1.807, 2.05) is 18.2 Å². The molecule has 4 aromatic rings. The molecule has 0 radical (unpaired) electrons. The van der Waals surface area contributed by atoms with E-state index in [-0.39, 0.29) is 18.3 Å². The van der Waals surface area contributed by atoms with E-state index < -0.39 is 0 Å². The van der Waals surface area contributed by atoms with Crippen molar-refractivity contribution in [3.05, 3.63) is 64.8 Å². The van der Waals surface area contributed by atoms with Crippen LogP contribution >= 0.6 is 22.7 Å². The molecule has 0 unspecified atom stereocenters. The third kappa shape index (κ3) is 4.19. The van der Waals surface area contributed by atoms with Crippen LogP contribution in [-0.4, -0.2) is 36.0 Å². The van der Waals surface area contributed by atoms with Gasteiger partial charge in [-0.1, -0.05) is 12.1 Å². The number of rotatable bonds is 5. The average Bonchev–Trinajstić information content (AvgIpc) is 3.33. The van der Waals surface area contributed by atoms with Gasteiger partial charge >= 0.3 is 0 Å². The van der Waals surface area contributed by atoms with Crippen LogP contribution in [0.5, 0.6) is 5.75 Å². The molecule has 1 aliphatic rings. The minimum Gasteiger partial charge on any atom is -0.484 e. The average molecular weight is 454 g/mol. The van der Waals surface area contributed by atoms with E-state index in [9.17, 15) is 9.18 Å². The molecule has 31 heavy (non-hydrogen) atoms. The lowest BCUT2D eigenvalue weighted by molar-refractivity contribution is -0.118. The van der Waals surface area contributed by atoms with Crippen LogP contribution in [0.25, 0.3) is 20.8 Å². The summed E-state index contributed by atoms with van der Waals surface area (Å²) in [5, 5.41) is 4.78. The highest BCUT2D eigenvalue weighted by atomic mass is 32.1. The molecule has 1 N–H and O–H groups in total. The predicted molar refractivity (Wildman–Crippen MR) is 123 cm³/mol. The Balaban J connectivity index is 1.43. The summed E-state index contributed by atoms with van der Waals surface area (Å²) < 4.78 is 19.7. The number of carbonyl (C=O) groups excluding carboxylic acids is 1. The van der Waals surface area contributed by atoms with Crippen LogP contribution < -0.4 is 10.1 Å². The summed E-state index contributed by atoms with van der Waals surface area (Å²) in [6.07, 6.45) is 0.926. The molecule has 2 aromatic heterocycles. The number of ether oxygens (including phenoxy) is 1. The number of carbonyl (C=O) groups is 1. The molecule has 1 aliphatic heterocycles. The molecule has 8 heteroatoms. The molecular weight excluding hydrogens is 433 g/mol. The first-order valence-corrected chi connectivity index (χ1v) is 11.6. The molecule has 158 valence electrons. The van der Waals surface area contributed by atoms with Crippen LogP contribution in [0.3, 0.4) is 0 Å². The largest absolute Gasteiger partial charge is 0.484 e. The van der Waals surface area contributed by atoms with Crippen LogP contribution in [0, 0.1) is 5.82 Å². The molecular formula is C23H20FN3O2S2. The van der Waals surface area contributed by atoms with Gasteiger partial charge in [0, 0.05) is 23.5 Å². The van der Waals surface area contributed by atoms with Gasteiger partial charge in [0.25, 0.3) is 5.91 Å². The molecule has 0 saturated carbocycles. The van der Waals surface area contributed by atoms with Gasteiger partial charge in [-0.2, -0.15) is 0 Å². The minimum absolute atomic E-state index is 0.145. The molecule has 0 fully saturated rings. The van der Waals surface area contributed by atoms with Gasteiger partial charge in [0.2, 0.25) is 0 Å². The van der Waals surface area contributed by atoms with Crippen LogP contribution in [0.15, 0.2) is 48.5 Å². The number of amides is 1. The zero-order chi connectivity index (χ0) is 21.4. The second-order valence-electron chi connectivity index (χ2n) is 7.47. The highest BCUT2D eigenvalue weighted by molar-refractivity contribution is 7.22. The Hall–Kier alpha value is -2.81. The zero-order valence-electron chi connectivity index (χ0n) is 16.9. The fraction of sp³-hybridized carbons (Fsp3) is 0.217. The molecule has 0 aliphatic carbocycles. The third-order valence-corrected chi connectivity index (χ3v) is 7.38. The van der Waals surface area contributed by atoms with Crippen molar-refractivity contribution in [1.29, 1.82) is 0 Å². The Morgan fingerprint density at radius 3 is 2.81 bits per heavy atom. The summed E-state index contributed by atoms with van der Waals surface area (Å²) in [6.45, 7) is 1.69. The first kappa shape index (κ1) is 20.1. The van der Waals surface area contributed by atoms with Crippen LogP contribution in [0.4, 0.5) is 9.39 Å². The normalized spacial score (nSPS) is 13.9. The monoisotopic (exact) mass is 453 g/mol. The number of halogens is 1. The maximum Gasteiger partial charge on any atom is 0.262 e. The number of hydrogen-bond acceptors (Lipinski definition) is 6. The van der Waals surface area contributed by atoms with E-state index in [1.54, 1.807) is 22.7 Å². The van der Waals surface area contributed by atoms with E-state index in [0.717, 1.165) is 45.3 Å². The van der Waals surface area contributed by atoms with Crippen molar-refractivity contribution in [2.45, 2.75) is 13.0 Å². The Morgan fingerprint density at radius 2 is 2.00 bits per heavy atom. The van der Waals surface area contributed by atoms with Gasteiger partial charge in [0.15, 0.2) is 6.61 Å². The van der Waals surface area contributed by atoms with Crippen molar-refractivity contribution in [2.24, 2.45) is 0 Å². The summed E-state index contributed by atoms with van der Waals surface area (Å²) in [5.41, 5.74) is 3.27. The van der Waals surface area contributed by atoms with E-state index in [0.29, 0.717) is 5.75 Å². The fourth-order valence-electron chi connectivity index (χ4n) is 3.67. The molecule has 0 spiro atoms. The smallest absolute Gasteiger partial charge is 0.262 e. The van der Waals surface area contributed by atoms with Crippen LogP contribution in [-0.2, 0) is 17.8 Å². The second kappa shape index (κ2) is 8.37. The van der Waals surface area contributed by atoms with Crippen LogP contribution in [0.2, 0.25) is 0 Å². The van der Waals surface area contributed by atoms with Crippen molar-refractivity contribution in [1.82, 2.24) is 9.88 Å². The number of nitrogens with zero attached hydrogens (tertiary/aromatic N) is 2. The Bertz CT molecular complexity index is 1220. The molecule has 0 bridgehead atoms. The number of benzene rings is 2. The van der Waals surface area contributed by atoms with Gasteiger partial charge in [-0.05, 0) is 55.4 Å². The van der Waals surface area contributed by atoms with Crippen molar-refractivity contribution in [3.8, 4) is 16.3 Å². The SMILES string of the molecule is CN1CCc2c(sc(NC(=O)COc3ccc(F)cc3)c2-c2nc3ccccc3s2)C1. The maximum atomic E-state index is 13.1. The number of anilines is 1. The number of hydrogen-bond donors (Lipinski definition) is 1. The zero-order valence-corrected chi connectivity index (χ0v) is 18.5. The lowest BCUT2D eigenvalue weighted by atomic mass is 10.0. The number of thiophene rings is 1.